The molecule has 6 saturated heterocycles. The number of nitrogens with one attached hydrogen (secondary N) is 7. The molecule has 10 fully saturated rings. The monoisotopic (exact) mass is 1320 g/mol. The predicted molar refractivity (Wildman–Crippen MR) is 386 cm³/mol. The largest absolute Gasteiger partial charge is 0.355 e. The van der Waals surface area contributed by atoms with E-state index in [0.29, 0.717) is 53.7 Å². The van der Waals surface area contributed by atoms with Gasteiger partial charge in [0.05, 0.1) is 36.3 Å². The van der Waals surface area contributed by atoms with Gasteiger partial charge in [0.1, 0.15) is 0 Å². The Hall–Kier alpha value is -3.42. The van der Waals surface area contributed by atoms with Crippen LogP contribution in [0.2, 0.25) is 0 Å². The van der Waals surface area contributed by atoms with Crippen molar-refractivity contribution in [1.29, 1.82) is 0 Å². The zero-order valence-corrected chi connectivity index (χ0v) is 63.9. The molecular weight excluding hydrogens is 1180 g/mol. The van der Waals surface area contributed by atoms with E-state index in [-0.39, 0.29) is 80.6 Å². The highest BCUT2D eigenvalue weighted by Gasteiger charge is 2.44. The van der Waals surface area contributed by atoms with Crippen molar-refractivity contribution >= 4 is 35.4 Å². The summed E-state index contributed by atoms with van der Waals surface area (Å²) in [6.07, 6.45) is 29.9. The van der Waals surface area contributed by atoms with Crippen molar-refractivity contribution in [1.82, 2.24) is 61.7 Å². The van der Waals surface area contributed by atoms with Gasteiger partial charge in [-0.15, -0.1) is 0 Å². The summed E-state index contributed by atoms with van der Waals surface area (Å²) >= 11 is 0. The third-order valence-electron chi connectivity index (χ3n) is 23.0. The SMILES string of the molecule is CNC1CC(C)(C)CCN(C2CC2)C1=O.CNC1CC(C)(C)CCN(C2CCC2)C1=O.CNC1CC(C)(C)CCN(C2CCCC2)C1=O.CNC1CC(C)(C)CCN(C2CCCCC2)C1=O.CNC1CC(C)(C)CCN(CC(C)C)C1=O.CNC1CC(C)(C)CCNC1=O. The molecule has 6 atom stereocenters. The van der Waals surface area contributed by atoms with E-state index < -0.39 is 0 Å². The molecule has 4 saturated carbocycles. The number of likely N-dealkylation sites (N-methyl/N-ethyl adjacent to an activating group) is 6. The first kappa shape index (κ1) is 81.3. The first-order chi connectivity index (χ1) is 44.0. The van der Waals surface area contributed by atoms with Gasteiger partial charge in [0.25, 0.3) is 0 Å². The highest BCUT2D eigenvalue weighted by Crippen LogP contribution is 2.39. The van der Waals surface area contributed by atoms with Crippen LogP contribution >= 0.6 is 0 Å². The quantitative estimate of drug-likeness (QED) is 0.0976. The normalized spacial score (nSPS) is 29.8. The Morgan fingerprint density at radius 1 is 0.340 bits per heavy atom. The fourth-order valence-electron chi connectivity index (χ4n) is 15.9. The van der Waals surface area contributed by atoms with Crippen LogP contribution in [0.5, 0.6) is 0 Å². The predicted octanol–water partition coefficient (Wildman–Crippen LogP) is 10.3. The van der Waals surface area contributed by atoms with Crippen molar-refractivity contribution in [2.24, 2.45) is 38.4 Å². The van der Waals surface area contributed by atoms with Crippen LogP contribution in [0, 0.1) is 38.4 Å². The fourth-order valence-corrected chi connectivity index (χ4v) is 15.9. The molecule has 0 bridgehead atoms. The zero-order valence-electron chi connectivity index (χ0n) is 63.9. The third kappa shape index (κ3) is 25.4. The van der Waals surface area contributed by atoms with E-state index in [0.717, 1.165) is 123 Å². The van der Waals surface area contributed by atoms with Gasteiger partial charge < -0.3 is 61.7 Å². The Balaban J connectivity index is 0.000000205. The highest BCUT2D eigenvalue weighted by molar-refractivity contribution is 5.85. The Kier molecular flexibility index (Phi) is 31.6. The van der Waals surface area contributed by atoms with Gasteiger partial charge in [-0.3, -0.25) is 28.8 Å². The van der Waals surface area contributed by atoms with Crippen molar-refractivity contribution in [2.45, 2.75) is 324 Å². The average Bonchev–Trinajstić information content (AvgIpc) is 1.70. The van der Waals surface area contributed by atoms with E-state index in [1.54, 1.807) is 0 Å². The van der Waals surface area contributed by atoms with Crippen molar-refractivity contribution in [2.75, 3.05) is 88.1 Å². The van der Waals surface area contributed by atoms with E-state index in [9.17, 15) is 28.8 Å². The molecule has 0 radical (unpaired) electrons. The van der Waals surface area contributed by atoms with Gasteiger partial charge >= 0.3 is 0 Å². The van der Waals surface area contributed by atoms with Crippen molar-refractivity contribution in [3.8, 4) is 0 Å². The molecule has 6 amide bonds. The maximum Gasteiger partial charge on any atom is 0.239 e. The summed E-state index contributed by atoms with van der Waals surface area (Å²) in [5.74, 6) is 2.30. The summed E-state index contributed by atoms with van der Waals surface area (Å²) in [5, 5.41) is 21.9. The van der Waals surface area contributed by atoms with Crippen LogP contribution in [0.15, 0.2) is 0 Å². The number of carbonyl (C=O) groups is 6. The van der Waals surface area contributed by atoms with Crippen molar-refractivity contribution < 1.29 is 28.8 Å². The Morgan fingerprint density at radius 3 is 0.872 bits per heavy atom. The summed E-state index contributed by atoms with van der Waals surface area (Å²) in [7, 11) is 11.4. The smallest absolute Gasteiger partial charge is 0.239 e. The van der Waals surface area contributed by atoms with Gasteiger partial charge in [-0.05, 0) is 216 Å². The van der Waals surface area contributed by atoms with Gasteiger partial charge in [0.2, 0.25) is 35.4 Å². The molecule has 6 unspecified atom stereocenters. The minimum atomic E-state index is -0.0116. The summed E-state index contributed by atoms with van der Waals surface area (Å²) in [5.41, 5.74) is 1.64. The molecule has 94 heavy (non-hydrogen) atoms. The van der Waals surface area contributed by atoms with Gasteiger partial charge in [0.15, 0.2) is 0 Å². The van der Waals surface area contributed by atoms with E-state index in [1.807, 2.05) is 47.2 Å². The van der Waals surface area contributed by atoms with Crippen LogP contribution in [0.4, 0.5) is 0 Å². The lowest BCUT2D eigenvalue weighted by Gasteiger charge is -2.38. The van der Waals surface area contributed by atoms with Crippen LogP contribution in [-0.4, -0.2) is 208 Å². The lowest BCUT2D eigenvalue weighted by atomic mass is 9.83. The molecule has 7 N–H and O–H groups in total. The molecule has 0 spiro atoms. The summed E-state index contributed by atoms with van der Waals surface area (Å²) in [4.78, 5) is 84.0. The Labute approximate surface area is 574 Å². The van der Waals surface area contributed by atoms with Gasteiger partial charge in [-0.1, -0.05) is 129 Å². The number of amides is 6. The number of rotatable bonds is 12. The Bertz CT molecular complexity index is 2360. The summed E-state index contributed by atoms with van der Waals surface area (Å²) in [6.45, 7) is 37.9. The number of hydrogen-bond donors (Lipinski definition) is 7. The van der Waals surface area contributed by atoms with Gasteiger partial charge in [-0.2, -0.15) is 0 Å². The van der Waals surface area contributed by atoms with Gasteiger partial charge in [-0.25, -0.2) is 0 Å². The zero-order chi connectivity index (χ0) is 70.0. The standard InChI is InChI=1S/C15H28N2O.C14H26N2O.C13H24N2O.C13H26N2O.C12H22N2O.C9H18N2O/c1-15(2)9-10-17(12-7-5-4-6-8-12)14(18)13(11-15)16-3;1-14(2)8-9-16(11-6-4-5-7-11)13(17)12(10-14)15-3;1-13(2)7-8-15(10-5-4-6-10)12(16)11(9-13)14-3;1-10(2)9-15-7-6-13(3,4)8-11(14-5)12(15)16;1-12(2)6-7-14(9-4-5-9)11(15)10(8-12)13-3;1-9(2)4-5-11-8(12)7(6-9)10-3/h12-13,16H,4-11H2,1-3H3;11-12,15H,4-10H2,1-3H3;10-11,14H,4-9H2,1-3H3;10-11,14H,6-9H2,1-5H3;9-10,13H,4-8H2,1-3H3;7,10H,4-6H2,1-3H3,(H,11,12). The average molecular weight is 1320 g/mol. The topological polar surface area (TPSA) is 203 Å². The summed E-state index contributed by atoms with van der Waals surface area (Å²) < 4.78 is 0. The lowest BCUT2D eigenvalue weighted by Crippen LogP contribution is -2.50. The maximum atomic E-state index is 12.6. The van der Waals surface area contributed by atoms with Crippen molar-refractivity contribution in [3.05, 3.63) is 0 Å². The molecule has 0 aromatic rings. The molecule has 18 heteroatoms. The number of nitrogens with zero attached hydrogens (tertiary/aromatic N) is 5. The van der Waals surface area contributed by atoms with Crippen LogP contribution in [-0.2, 0) is 28.8 Å². The second kappa shape index (κ2) is 36.6. The first-order valence-corrected chi connectivity index (χ1v) is 37.9. The third-order valence-corrected chi connectivity index (χ3v) is 23.0. The highest BCUT2D eigenvalue weighted by atomic mass is 16.2. The minimum absolute atomic E-state index is 0.00347. The molecule has 0 aromatic carbocycles. The van der Waals surface area contributed by atoms with Crippen molar-refractivity contribution in [3.63, 3.8) is 0 Å². The van der Waals surface area contributed by atoms with E-state index >= 15 is 0 Å². The molecule has 6 heterocycles. The molecule has 10 rings (SSSR count). The van der Waals surface area contributed by atoms with E-state index in [2.05, 4.69) is 154 Å². The van der Waals surface area contributed by atoms with Crippen LogP contribution in [0.25, 0.3) is 0 Å². The van der Waals surface area contributed by atoms with Crippen LogP contribution < -0.4 is 37.2 Å². The second-order valence-electron chi connectivity index (χ2n) is 35.4. The molecule has 4 aliphatic carbocycles. The molecule has 18 nitrogen and oxygen atoms in total. The molecular formula is C76H144N12O6. The molecule has 10 aliphatic rings. The maximum absolute atomic E-state index is 12.6. The number of likely N-dealkylation sites (tertiary alicyclic amines) is 5. The molecule has 544 valence electrons. The van der Waals surface area contributed by atoms with Crippen LogP contribution in [0.1, 0.15) is 264 Å². The summed E-state index contributed by atoms with van der Waals surface area (Å²) in [6, 6.07) is 2.21. The second-order valence-corrected chi connectivity index (χ2v) is 35.4. The van der Waals surface area contributed by atoms with Gasteiger partial charge in [0, 0.05) is 70.0 Å². The minimum Gasteiger partial charge on any atom is -0.355 e. The van der Waals surface area contributed by atoms with E-state index in [4.69, 9.17) is 0 Å². The number of carbonyl (C=O) groups excluding carboxylic acids is 6. The van der Waals surface area contributed by atoms with E-state index in [1.165, 1.54) is 89.9 Å². The Morgan fingerprint density at radius 2 is 0.596 bits per heavy atom. The molecule has 6 aliphatic heterocycles. The molecule has 0 aromatic heterocycles. The first-order valence-electron chi connectivity index (χ1n) is 37.9. The lowest BCUT2D eigenvalue weighted by molar-refractivity contribution is -0.137. The number of hydrogen-bond acceptors (Lipinski definition) is 12. The fraction of sp³-hybridized carbons (Fsp3) is 0.921. The van der Waals surface area contributed by atoms with Crippen LogP contribution in [0.3, 0.4) is 0 Å².